The predicted molar refractivity (Wildman–Crippen MR) is 78.8 cm³/mol. The summed E-state index contributed by atoms with van der Waals surface area (Å²) in [6, 6.07) is 8.10. The minimum atomic E-state index is -0.660. The van der Waals surface area contributed by atoms with Gasteiger partial charge in [-0.15, -0.1) is 0 Å². The number of para-hydroxylation sites is 2. The molecule has 116 valence electrons. The second-order valence-electron chi connectivity index (χ2n) is 5.98. The van der Waals surface area contributed by atoms with Gasteiger partial charge in [0.25, 0.3) is 0 Å². The number of hydrogen-bond acceptors (Lipinski definition) is 5. The van der Waals surface area contributed by atoms with Crippen LogP contribution in [0.5, 0.6) is 11.5 Å². The topological polar surface area (TPSA) is 60.0 Å². The average molecular weight is 293 g/mol. The van der Waals surface area contributed by atoms with Crippen LogP contribution < -0.4 is 14.8 Å². The number of hydrogen-bond donors (Lipinski definition) is 2. The summed E-state index contributed by atoms with van der Waals surface area (Å²) in [7, 11) is 1.63. The first-order valence-electron chi connectivity index (χ1n) is 7.50. The normalized spacial score (nSPS) is 31.7. The molecule has 2 N–H and O–H groups in total. The van der Waals surface area contributed by atoms with Gasteiger partial charge in [-0.1, -0.05) is 12.1 Å². The standard InChI is InChI=1S/C16H23NO4/c1-19-14-4-2-3-5-15(14)21-7-6-16(18)8-12-10-20-11-13(9-16)17-12/h2-5,12-13,17-18H,6-11H2,1H3. The minimum Gasteiger partial charge on any atom is -0.493 e. The van der Waals surface area contributed by atoms with Crippen LogP contribution >= 0.6 is 0 Å². The van der Waals surface area contributed by atoms with Crippen LogP contribution in [0, 0.1) is 0 Å². The van der Waals surface area contributed by atoms with Crippen LogP contribution in [-0.4, -0.2) is 49.7 Å². The largest absolute Gasteiger partial charge is 0.493 e. The molecule has 5 nitrogen and oxygen atoms in total. The molecule has 2 atom stereocenters. The van der Waals surface area contributed by atoms with E-state index < -0.39 is 5.60 Å². The number of morpholine rings is 1. The zero-order valence-electron chi connectivity index (χ0n) is 12.4. The summed E-state index contributed by atoms with van der Waals surface area (Å²) >= 11 is 0. The Bertz CT molecular complexity index is 467. The van der Waals surface area contributed by atoms with E-state index in [2.05, 4.69) is 5.32 Å². The molecule has 0 aliphatic carbocycles. The number of ether oxygens (including phenoxy) is 3. The van der Waals surface area contributed by atoms with Crippen molar-refractivity contribution in [3.63, 3.8) is 0 Å². The highest BCUT2D eigenvalue weighted by molar-refractivity contribution is 5.39. The number of nitrogens with one attached hydrogen (secondary N) is 1. The fourth-order valence-corrected chi connectivity index (χ4v) is 3.31. The van der Waals surface area contributed by atoms with E-state index in [0.717, 1.165) is 24.3 Å². The van der Waals surface area contributed by atoms with Gasteiger partial charge >= 0.3 is 0 Å². The average Bonchev–Trinajstić information content (AvgIpc) is 2.47. The van der Waals surface area contributed by atoms with Crippen molar-refractivity contribution in [1.82, 2.24) is 5.32 Å². The molecular formula is C16H23NO4. The van der Waals surface area contributed by atoms with Crippen molar-refractivity contribution in [1.29, 1.82) is 0 Å². The monoisotopic (exact) mass is 293 g/mol. The summed E-state index contributed by atoms with van der Waals surface area (Å²) in [5.41, 5.74) is -0.660. The van der Waals surface area contributed by atoms with Crippen LogP contribution in [0.1, 0.15) is 19.3 Å². The molecule has 2 heterocycles. The van der Waals surface area contributed by atoms with Crippen molar-refractivity contribution in [3.8, 4) is 11.5 Å². The molecule has 1 aromatic rings. The molecule has 2 aliphatic rings. The Balaban J connectivity index is 1.55. The van der Waals surface area contributed by atoms with Crippen molar-refractivity contribution in [2.45, 2.75) is 36.9 Å². The number of fused-ring (bicyclic) bond motifs is 2. The Morgan fingerprint density at radius 1 is 1.24 bits per heavy atom. The van der Waals surface area contributed by atoms with Crippen molar-refractivity contribution < 1.29 is 19.3 Å². The van der Waals surface area contributed by atoms with E-state index in [-0.39, 0.29) is 12.1 Å². The van der Waals surface area contributed by atoms with Gasteiger partial charge in [0.2, 0.25) is 0 Å². The minimum absolute atomic E-state index is 0.258. The maximum atomic E-state index is 10.8. The molecule has 2 bridgehead atoms. The number of methoxy groups -OCH3 is 1. The molecule has 5 heteroatoms. The third-order valence-corrected chi connectivity index (χ3v) is 4.26. The van der Waals surface area contributed by atoms with E-state index in [9.17, 15) is 5.11 Å². The molecule has 0 spiro atoms. The van der Waals surface area contributed by atoms with Crippen molar-refractivity contribution in [2.75, 3.05) is 26.9 Å². The Morgan fingerprint density at radius 2 is 1.90 bits per heavy atom. The fourth-order valence-electron chi connectivity index (χ4n) is 3.31. The molecule has 2 saturated heterocycles. The molecule has 2 unspecified atom stereocenters. The van der Waals surface area contributed by atoms with Gasteiger partial charge in [0.05, 0.1) is 32.5 Å². The smallest absolute Gasteiger partial charge is 0.161 e. The van der Waals surface area contributed by atoms with Gasteiger partial charge in [0.1, 0.15) is 0 Å². The van der Waals surface area contributed by atoms with Crippen LogP contribution in [0.25, 0.3) is 0 Å². The van der Waals surface area contributed by atoms with Crippen LogP contribution in [-0.2, 0) is 4.74 Å². The lowest BCUT2D eigenvalue weighted by Crippen LogP contribution is -2.60. The number of rotatable bonds is 5. The third kappa shape index (κ3) is 3.48. The van der Waals surface area contributed by atoms with E-state index in [1.54, 1.807) is 7.11 Å². The van der Waals surface area contributed by atoms with E-state index in [1.165, 1.54) is 0 Å². The summed E-state index contributed by atoms with van der Waals surface area (Å²) in [6.45, 7) is 1.86. The van der Waals surface area contributed by atoms with E-state index >= 15 is 0 Å². The third-order valence-electron chi connectivity index (χ3n) is 4.26. The van der Waals surface area contributed by atoms with Crippen LogP contribution in [0.4, 0.5) is 0 Å². The maximum Gasteiger partial charge on any atom is 0.161 e. The van der Waals surface area contributed by atoms with Crippen molar-refractivity contribution in [3.05, 3.63) is 24.3 Å². The highest BCUT2D eigenvalue weighted by atomic mass is 16.5. The van der Waals surface area contributed by atoms with Gasteiger partial charge in [0.15, 0.2) is 11.5 Å². The lowest BCUT2D eigenvalue weighted by molar-refractivity contribution is -0.0840. The van der Waals surface area contributed by atoms with Gasteiger partial charge in [-0.2, -0.15) is 0 Å². The van der Waals surface area contributed by atoms with Crippen LogP contribution in [0.3, 0.4) is 0 Å². The van der Waals surface area contributed by atoms with Gasteiger partial charge in [-0.3, -0.25) is 0 Å². The zero-order valence-corrected chi connectivity index (χ0v) is 12.4. The Kier molecular flexibility index (Phi) is 4.33. The SMILES string of the molecule is COc1ccccc1OCCC1(O)CC2COCC(C1)N2. The maximum absolute atomic E-state index is 10.8. The number of aliphatic hydroxyl groups is 1. The highest BCUT2D eigenvalue weighted by Crippen LogP contribution is 2.32. The Morgan fingerprint density at radius 3 is 2.57 bits per heavy atom. The summed E-state index contributed by atoms with van der Waals surface area (Å²) in [6.07, 6.45) is 2.07. The second-order valence-corrected chi connectivity index (χ2v) is 5.98. The van der Waals surface area contributed by atoms with Gasteiger partial charge in [-0.25, -0.2) is 0 Å². The quantitative estimate of drug-likeness (QED) is 0.858. The van der Waals surface area contributed by atoms with Crippen LogP contribution in [0.2, 0.25) is 0 Å². The molecule has 0 aromatic heterocycles. The first-order chi connectivity index (χ1) is 10.2. The lowest BCUT2D eigenvalue weighted by atomic mass is 9.81. The summed E-state index contributed by atoms with van der Waals surface area (Å²) in [4.78, 5) is 0. The molecule has 3 rings (SSSR count). The molecule has 0 radical (unpaired) electrons. The van der Waals surface area contributed by atoms with Gasteiger partial charge < -0.3 is 24.6 Å². The van der Waals surface area contributed by atoms with E-state index in [0.29, 0.717) is 26.2 Å². The van der Waals surface area contributed by atoms with Crippen molar-refractivity contribution >= 4 is 0 Å². The summed E-state index contributed by atoms with van der Waals surface area (Å²) < 4.78 is 16.6. The molecule has 2 aliphatic heterocycles. The molecule has 21 heavy (non-hydrogen) atoms. The zero-order chi connectivity index (χ0) is 14.7. The number of benzene rings is 1. The first-order valence-corrected chi connectivity index (χ1v) is 7.50. The van der Waals surface area contributed by atoms with Gasteiger partial charge in [0, 0.05) is 18.5 Å². The molecule has 0 saturated carbocycles. The molecule has 0 amide bonds. The van der Waals surface area contributed by atoms with Crippen molar-refractivity contribution in [2.24, 2.45) is 0 Å². The number of piperidine rings is 1. The second kappa shape index (κ2) is 6.22. The Hall–Kier alpha value is -1.30. The lowest BCUT2D eigenvalue weighted by Gasteiger charge is -2.45. The van der Waals surface area contributed by atoms with E-state index in [1.807, 2.05) is 24.3 Å². The first kappa shape index (κ1) is 14.6. The highest BCUT2D eigenvalue weighted by Gasteiger charge is 2.40. The fraction of sp³-hybridized carbons (Fsp3) is 0.625. The van der Waals surface area contributed by atoms with Crippen LogP contribution in [0.15, 0.2) is 24.3 Å². The van der Waals surface area contributed by atoms with E-state index in [4.69, 9.17) is 14.2 Å². The molecule has 2 fully saturated rings. The molecular weight excluding hydrogens is 270 g/mol. The molecule has 1 aromatic carbocycles. The predicted octanol–water partition coefficient (Wildman–Crippen LogP) is 1.35. The Labute approximate surface area is 125 Å². The van der Waals surface area contributed by atoms with Gasteiger partial charge in [-0.05, 0) is 25.0 Å². The summed E-state index contributed by atoms with van der Waals surface area (Å²) in [5.74, 6) is 1.45. The summed E-state index contributed by atoms with van der Waals surface area (Å²) in [5, 5.41) is 14.3.